The second kappa shape index (κ2) is 6.25. The quantitative estimate of drug-likeness (QED) is 0.794. The minimum absolute atomic E-state index is 0.0999. The fourth-order valence-electron chi connectivity index (χ4n) is 1.65. The van der Waals surface area contributed by atoms with E-state index < -0.39 is 10.0 Å². The molecule has 21 heavy (non-hydrogen) atoms. The van der Waals surface area contributed by atoms with Crippen LogP contribution in [-0.2, 0) is 16.6 Å². The number of thiocarbonyl (C=S) groups is 1. The van der Waals surface area contributed by atoms with Gasteiger partial charge in [-0.25, -0.2) is 23.1 Å². The number of hydrogen-bond acceptors (Lipinski definition) is 5. The molecule has 110 valence electrons. The number of benzene rings is 1. The summed E-state index contributed by atoms with van der Waals surface area (Å²) in [5.41, 5.74) is 6.70. The van der Waals surface area contributed by atoms with E-state index in [1.807, 2.05) is 0 Å². The second-order valence-electron chi connectivity index (χ2n) is 4.31. The molecule has 1 aromatic heterocycles. The van der Waals surface area contributed by atoms with E-state index in [4.69, 9.17) is 18.0 Å². The average molecular weight is 322 g/mol. The summed E-state index contributed by atoms with van der Waals surface area (Å²) in [6.07, 6.45) is 1.59. The lowest BCUT2D eigenvalue weighted by Gasteiger charge is -2.07. The molecule has 8 heteroatoms. The van der Waals surface area contributed by atoms with E-state index in [0.717, 1.165) is 0 Å². The summed E-state index contributed by atoms with van der Waals surface area (Å²) in [4.78, 5) is 8.46. The largest absolute Gasteiger partial charge is 0.389 e. The van der Waals surface area contributed by atoms with Gasteiger partial charge >= 0.3 is 0 Å². The lowest BCUT2D eigenvalue weighted by atomic mass is 10.2. The van der Waals surface area contributed by atoms with Crippen molar-refractivity contribution in [3.63, 3.8) is 0 Å². The summed E-state index contributed by atoms with van der Waals surface area (Å²) in [7, 11) is -3.61. The summed E-state index contributed by atoms with van der Waals surface area (Å²) < 4.78 is 26.8. The van der Waals surface area contributed by atoms with Gasteiger partial charge in [0.25, 0.3) is 0 Å². The van der Waals surface area contributed by atoms with Crippen LogP contribution in [-0.4, -0.2) is 23.4 Å². The van der Waals surface area contributed by atoms with Crippen molar-refractivity contribution in [3.05, 3.63) is 53.6 Å². The lowest BCUT2D eigenvalue weighted by Crippen LogP contribution is -2.24. The monoisotopic (exact) mass is 322 g/mol. The van der Waals surface area contributed by atoms with E-state index in [0.29, 0.717) is 17.1 Å². The van der Waals surface area contributed by atoms with Crippen LogP contribution < -0.4 is 10.5 Å². The average Bonchev–Trinajstić information content (AvgIpc) is 2.45. The molecule has 6 nitrogen and oxygen atoms in total. The van der Waals surface area contributed by atoms with Crippen LogP contribution in [0.25, 0.3) is 0 Å². The molecule has 0 aliphatic rings. The summed E-state index contributed by atoms with van der Waals surface area (Å²) >= 11 is 4.82. The van der Waals surface area contributed by atoms with Gasteiger partial charge in [0.15, 0.2) is 0 Å². The van der Waals surface area contributed by atoms with Gasteiger partial charge in [-0.05, 0) is 25.1 Å². The first-order chi connectivity index (χ1) is 9.88. The van der Waals surface area contributed by atoms with Crippen LogP contribution in [0.4, 0.5) is 0 Å². The molecule has 0 aliphatic heterocycles. The third-order valence-electron chi connectivity index (χ3n) is 2.73. The number of rotatable bonds is 5. The van der Waals surface area contributed by atoms with E-state index in [1.165, 1.54) is 12.1 Å². The highest BCUT2D eigenvalue weighted by Gasteiger charge is 2.14. The molecule has 0 aliphatic carbocycles. The molecule has 0 radical (unpaired) electrons. The predicted octanol–water partition coefficient (Wildman–Crippen LogP) is 0.898. The number of nitrogens with one attached hydrogen (secondary N) is 1. The maximum atomic E-state index is 12.2. The van der Waals surface area contributed by atoms with Crippen molar-refractivity contribution in [3.8, 4) is 0 Å². The number of aryl methyl sites for hydroxylation is 1. The minimum atomic E-state index is -3.61. The fourth-order valence-corrected chi connectivity index (χ4v) is 2.79. The SMILES string of the molecule is Cc1nccc(CNS(=O)(=O)c2ccc(C(N)=S)cc2)n1. The maximum Gasteiger partial charge on any atom is 0.240 e. The van der Waals surface area contributed by atoms with E-state index >= 15 is 0 Å². The van der Waals surface area contributed by atoms with Crippen molar-refractivity contribution < 1.29 is 8.42 Å². The summed E-state index contributed by atoms with van der Waals surface area (Å²) in [6, 6.07) is 7.73. The Balaban J connectivity index is 2.13. The highest BCUT2D eigenvalue weighted by atomic mass is 32.2. The Morgan fingerprint density at radius 3 is 2.52 bits per heavy atom. The summed E-state index contributed by atoms with van der Waals surface area (Å²) in [5.74, 6) is 0.590. The summed E-state index contributed by atoms with van der Waals surface area (Å²) in [5, 5.41) is 0. The zero-order valence-corrected chi connectivity index (χ0v) is 12.9. The van der Waals surface area contributed by atoms with Gasteiger partial charge < -0.3 is 5.73 Å². The van der Waals surface area contributed by atoms with Crippen molar-refractivity contribution in [2.45, 2.75) is 18.4 Å². The Labute approximate surface area is 128 Å². The first kappa shape index (κ1) is 15.5. The van der Waals surface area contributed by atoms with Crippen LogP contribution in [0, 0.1) is 6.92 Å². The Hall–Kier alpha value is -1.90. The van der Waals surface area contributed by atoms with Crippen molar-refractivity contribution in [1.29, 1.82) is 0 Å². The molecule has 2 aromatic rings. The fraction of sp³-hybridized carbons (Fsp3) is 0.154. The van der Waals surface area contributed by atoms with E-state index in [-0.39, 0.29) is 16.4 Å². The molecule has 0 amide bonds. The van der Waals surface area contributed by atoms with E-state index in [2.05, 4.69) is 14.7 Å². The molecular weight excluding hydrogens is 308 g/mol. The molecule has 2 rings (SSSR count). The van der Waals surface area contributed by atoms with Gasteiger partial charge in [0.2, 0.25) is 10.0 Å². The van der Waals surface area contributed by atoms with Crippen molar-refractivity contribution in [2.75, 3.05) is 0 Å². The molecule has 1 aromatic carbocycles. The van der Waals surface area contributed by atoms with Crippen LogP contribution >= 0.6 is 12.2 Å². The van der Waals surface area contributed by atoms with Crippen molar-refractivity contribution >= 4 is 27.2 Å². The Kier molecular flexibility index (Phi) is 4.61. The Morgan fingerprint density at radius 2 is 1.95 bits per heavy atom. The summed E-state index contributed by atoms with van der Waals surface area (Å²) in [6.45, 7) is 1.84. The number of hydrogen-bond donors (Lipinski definition) is 2. The number of aromatic nitrogens is 2. The number of sulfonamides is 1. The molecule has 0 fully saturated rings. The van der Waals surface area contributed by atoms with Gasteiger partial charge in [0, 0.05) is 11.8 Å². The Bertz CT molecular complexity index is 758. The molecule has 0 spiro atoms. The highest BCUT2D eigenvalue weighted by molar-refractivity contribution is 7.89. The maximum absolute atomic E-state index is 12.2. The van der Waals surface area contributed by atoms with Crippen LogP contribution in [0.15, 0.2) is 41.4 Å². The molecule has 3 N–H and O–H groups in total. The lowest BCUT2D eigenvalue weighted by molar-refractivity contribution is 0.580. The third kappa shape index (κ3) is 4.03. The van der Waals surface area contributed by atoms with E-state index in [1.54, 1.807) is 31.3 Å². The third-order valence-corrected chi connectivity index (χ3v) is 4.38. The van der Waals surface area contributed by atoms with Gasteiger partial charge in [0.05, 0.1) is 17.1 Å². The number of nitrogens with two attached hydrogens (primary N) is 1. The van der Waals surface area contributed by atoms with Crippen molar-refractivity contribution in [1.82, 2.24) is 14.7 Å². The van der Waals surface area contributed by atoms with Gasteiger partial charge in [-0.1, -0.05) is 24.4 Å². The van der Waals surface area contributed by atoms with E-state index in [9.17, 15) is 8.42 Å². The van der Waals surface area contributed by atoms with Gasteiger partial charge in [-0.2, -0.15) is 0 Å². The van der Waals surface area contributed by atoms with Crippen LogP contribution in [0.2, 0.25) is 0 Å². The van der Waals surface area contributed by atoms with Gasteiger partial charge in [-0.3, -0.25) is 0 Å². The standard InChI is InChI=1S/C13H14N4O2S2/c1-9-15-7-6-11(17-9)8-16-21(18,19)12-4-2-10(3-5-12)13(14)20/h2-7,16H,8H2,1H3,(H2,14,20). The molecule has 0 bridgehead atoms. The number of nitrogens with zero attached hydrogens (tertiary/aromatic N) is 2. The zero-order chi connectivity index (χ0) is 15.5. The first-order valence-corrected chi connectivity index (χ1v) is 7.96. The molecular formula is C13H14N4O2S2. The first-order valence-electron chi connectivity index (χ1n) is 6.06. The molecule has 0 unspecified atom stereocenters. The normalized spacial score (nSPS) is 11.3. The van der Waals surface area contributed by atoms with Crippen LogP contribution in [0.3, 0.4) is 0 Å². The van der Waals surface area contributed by atoms with Crippen molar-refractivity contribution in [2.24, 2.45) is 5.73 Å². The van der Waals surface area contributed by atoms with Crippen LogP contribution in [0.1, 0.15) is 17.1 Å². The smallest absolute Gasteiger partial charge is 0.240 e. The molecule has 0 saturated carbocycles. The van der Waals surface area contributed by atoms with Gasteiger partial charge in [0.1, 0.15) is 10.8 Å². The van der Waals surface area contributed by atoms with Crippen LogP contribution in [0.5, 0.6) is 0 Å². The predicted molar refractivity (Wildman–Crippen MR) is 83.1 cm³/mol. The minimum Gasteiger partial charge on any atom is -0.389 e. The molecule has 0 saturated heterocycles. The Morgan fingerprint density at radius 1 is 1.29 bits per heavy atom. The zero-order valence-electron chi connectivity index (χ0n) is 11.3. The second-order valence-corrected chi connectivity index (χ2v) is 6.52. The highest BCUT2D eigenvalue weighted by Crippen LogP contribution is 2.11. The molecule has 1 heterocycles. The molecule has 0 atom stereocenters. The topological polar surface area (TPSA) is 98.0 Å². The van der Waals surface area contributed by atoms with Gasteiger partial charge in [-0.15, -0.1) is 0 Å².